The molecule has 0 aliphatic carbocycles. The number of piperazine rings is 2. The number of benzene rings is 5. The molecule has 3 amide bonds. The third-order valence-corrected chi connectivity index (χ3v) is 13.0. The van der Waals surface area contributed by atoms with Crippen molar-refractivity contribution in [2.45, 2.75) is 51.1 Å². The molecule has 5 aromatic carbocycles. The molecule has 0 saturated carbocycles. The van der Waals surface area contributed by atoms with Crippen LogP contribution in [0.1, 0.15) is 55.1 Å². The number of imidazole rings is 2. The van der Waals surface area contributed by atoms with Crippen molar-refractivity contribution in [3.05, 3.63) is 215 Å². The molecule has 4 heterocycles. The van der Waals surface area contributed by atoms with Gasteiger partial charge in [0.1, 0.15) is 6.04 Å². The lowest BCUT2D eigenvalue weighted by atomic mass is 10.1. The Bertz CT molecular complexity index is 2910. The van der Waals surface area contributed by atoms with Crippen molar-refractivity contribution < 1.29 is 14.4 Å². The molecule has 0 radical (unpaired) electrons. The molecular weight excluding hydrogens is 901 g/mol. The van der Waals surface area contributed by atoms with Crippen molar-refractivity contribution >= 4 is 17.7 Å². The second kappa shape index (κ2) is 25.6. The topological polar surface area (TPSA) is 180 Å². The monoisotopic (exact) mass is 960 g/mol. The predicted molar refractivity (Wildman–Crippen MR) is 275 cm³/mol. The van der Waals surface area contributed by atoms with Crippen LogP contribution in [0.2, 0.25) is 0 Å². The summed E-state index contributed by atoms with van der Waals surface area (Å²) in [5.41, 5.74) is 8.55. The summed E-state index contributed by atoms with van der Waals surface area (Å²) in [7, 11) is 0. The molecule has 72 heavy (non-hydrogen) atoms. The van der Waals surface area contributed by atoms with Gasteiger partial charge in [0.2, 0.25) is 11.8 Å². The number of nitriles is 2. The van der Waals surface area contributed by atoms with E-state index in [-0.39, 0.29) is 23.8 Å². The van der Waals surface area contributed by atoms with E-state index in [2.05, 4.69) is 76.7 Å². The zero-order chi connectivity index (χ0) is 49.9. The van der Waals surface area contributed by atoms with Crippen LogP contribution in [0.4, 0.5) is 0 Å². The van der Waals surface area contributed by atoms with Gasteiger partial charge in [0.25, 0.3) is 5.91 Å². The summed E-state index contributed by atoms with van der Waals surface area (Å²) in [6.07, 6.45) is 8.55. The van der Waals surface area contributed by atoms with E-state index in [4.69, 9.17) is 10.5 Å². The molecule has 15 heteroatoms. The summed E-state index contributed by atoms with van der Waals surface area (Å²) in [4.78, 5) is 54.5. The first kappa shape index (κ1) is 50.2. The molecule has 2 aliphatic rings. The molecule has 366 valence electrons. The molecule has 9 rings (SSSR count). The van der Waals surface area contributed by atoms with E-state index in [0.717, 1.165) is 48.7 Å². The maximum Gasteiger partial charge on any atom is 0.254 e. The number of carbonyl (C=O) groups excluding carboxylic acids is 3. The van der Waals surface area contributed by atoms with Crippen molar-refractivity contribution in [3.63, 3.8) is 0 Å². The normalized spacial score (nSPS) is 15.8. The summed E-state index contributed by atoms with van der Waals surface area (Å²) >= 11 is 0. The second-order valence-corrected chi connectivity index (χ2v) is 18.1. The van der Waals surface area contributed by atoms with Crippen LogP contribution in [0.5, 0.6) is 0 Å². The Kier molecular flexibility index (Phi) is 17.8. The lowest BCUT2D eigenvalue weighted by Crippen LogP contribution is -2.60. The summed E-state index contributed by atoms with van der Waals surface area (Å²) in [5.74, 6) is -0.235. The molecule has 2 atom stereocenters. The zero-order valence-electron chi connectivity index (χ0n) is 40.4. The van der Waals surface area contributed by atoms with Gasteiger partial charge in [-0.2, -0.15) is 10.5 Å². The minimum Gasteiger partial charge on any atom is -0.354 e. The van der Waals surface area contributed by atoms with Crippen LogP contribution < -0.4 is 16.0 Å². The molecule has 0 spiro atoms. The van der Waals surface area contributed by atoms with Crippen LogP contribution >= 0.6 is 0 Å². The maximum absolute atomic E-state index is 13.5. The Balaban J connectivity index is 0.000000197. The fourth-order valence-electron chi connectivity index (χ4n) is 9.04. The van der Waals surface area contributed by atoms with E-state index < -0.39 is 6.04 Å². The minimum atomic E-state index is -0.589. The number of aromatic nitrogens is 4. The average Bonchev–Trinajstić information content (AvgIpc) is 4.08. The minimum absolute atomic E-state index is 0.0425. The lowest BCUT2D eigenvalue weighted by molar-refractivity contribution is -0.127. The SMILES string of the molecule is N#Cc1ccc(Cn2cncc2CCNC(=O)[C@H]2CN(Cc3ccccc3)CCN2)cc1.N#Cc1ccc(Cn2cncc2CCNC(=O)[C@H]2CN(Cc3ccccc3)CCN2C(=O)c2ccccc2)cc1. The largest absolute Gasteiger partial charge is 0.354 e. The van der Waals surface area contributed by atoms with Crippen molar-refractivity contribution in [3.8, 4) is 12.1 Å². The van der Waals surface area contributed by atoms with Gasteiger partial charge in [-0.05, 0) is 58.7 Å². The smallest absolute Gasteiger partial charge is 0.254 e. The van der Waals surface area contributed by atoms with Gasteiger partial charge in [0.15, 0.2) is 0 Å². The van der Waals surface area contributed by atoms with E-state index in [0.29, 0.717) is 81.9 Å². The van der Waals surface area contributed by atoms with Crippen LogP contribution in [-0.2, 0) is 48.6 Å². The number of hydrogen-bond acceptors (Lipinski definition) is 10. The first-order valence-corrected chi connectivity index (χ1v) is 24.5. The standard InChI is InChI=1S/C32H32N6O2.C25H28N6O/c33-19-25-11-13-27(14-12-25)22-37-24-34-20-29(37)15-16-35-31(39)30-23-36(21-26-7-3-1-4-8-26)17-18-38(30)32(40)28-9-5-2-6-10-28;26-14-20-6-8-22(9-7-20)17-31-19-27-15-23(31)10-11-29-25(32)24-18-30(13-12-28-24)16-21-4-2-1-3-5-21/h1-14,20,24,30H,15-18,21-23H2,(H,35,39);1-9,15,19,24,28H,10-13,16-18H2,(H,29,32)/t30-;24-/m11/s1. The van der Waals surface area contributed by atoms with Crippen LogP contribution in [0.3, 0.4) is 0 Å². The van der Waals surface area contributed by atoms with Gasteiger partial charge < -0.3 is 30.0 Å². The second-order valence-electron chi connectivity index (χ2n) is 18.1. The highest BCUT2D eigenvalue weighted by molar-refractivity contribution is 5.97. The number of hydrogen-bond donors (Lipinski definition) is 3. The highest BCUT2D eigenvalue weighted by atomic mass is 16.2. The van der Waals surface area contributed by atoms with Gasteiger partial charge in [-0.1, -0.05) is 103 Å². The Labute approximate surface area is 421 Å². The highest BCUT2D eigenvalue weighted by Crippen LogP contribution is 2.18. The molecule has 3 N–H and O–H groups in total. The molecule has 2 aromatic heterocycles. The fraction of sp³-hybridized carbons (Fsp3) is 0.281. The third kappa shape index (κ3) is 14.2. The highest BCUT2D eigenvalue weighted by Gasteiger charge is 2.36. The number of amides is 3. The van der Waals surface area contributed by atoms with Gasteiger partial charge in [-0.3, -0.25) is 24.2 Å². The number of rotatable bonds is 17. The van der Waals surface area contributed by atoms with E-state index >= 15 is 0 Å². The van der Waals surface area contributed by atoms with Crippen molar-refractivity contribution in [1.29, 1.82) is 10.5 Å². The number of nitrogens with zero attached hydrogens (tertiary/aromatic N) is 9. The number of nitrogens with one attached hydrogen (secondary N) is 3. The molecule has 15 nitrogen and oxygen atoms in total. The van der Waals surface area contributed by atoms with Crippen molar-refractivity contribution in [2.75, 3.05) is 52.4 Å². The predicted octanol–water partition coefficient (Wildman–Crippen LogP) is 5.42. The Morgan fingerprint density at radius 3 is 1.54 bits per heavy atom. The van der Waals surface area contributed by atoms with Crippen LogP contribution in [0.25, 0.3) is 0 Å². The zero-order valence-corrected chi connectivity index (χ0v) is 40.4. The molecule has 0 unspecified atom stereocenters. The van der Waals surface area contributed by atoms with Crippen LogP contribution in [0.15, 0.2) is 165 Å². The summed E-state index contributed by atoms with van der Waals surface area (Å²) in [5, 5.41) is 27.5. The van der Waals surface area contributed by atoms with Crippen molar-refractivity contribution in [1.82, 2.24) is 49.8 Å². The molecule has 0 bridgehead atoms. The molecule has 2 aliphatic heterocycles. The third-order valence-electron chi connectivity index (χ3n) is 13.0. The number of carbonyl (C=O) groups is 3. The summed E-state index contributed by atoms with van der Waals surface area (Å²) in [6.45, 7) is 8.01. The Hall–Kier alpha value is -8.21. The average molecular weight is 961 g/mol. The quantitative estimate of drug-likeness (QED) is 0.107. The van der Waals surface area contributed by atoms with Gasteiger partial charge >= 0.3 is 0 Å². The van der Waals surface area contributed by atoms with Crippen molar-refractivity contribution in [2.24, 2.45) is 0 Å². The van der Waals surface area contributed by atoms with Gasteiger partial charge in [0.05, 0.1) is 42.0 Å². The van der Waals surface area contributed by atoms with Crippen LogP contribution in [-0.4, -0.2) is 116 Å². The Morgan fingerprint density at radius 2 is 1.03 bits per heavy atom. The van der Waals surface area contributed by atoms with E-state index in [1.807, 2.05) is 108 Å². The molecule has 2 saturated heterocycles. The first-order valence-electron chi connectivity index (χ1n) is 24.5. The molecule has 7 aromatic rings. The Morgan fingerprint density at radius 1 is 0.556 bits per heavy atom. The van der Waals surface area contributed by atoms with Gasteiger partial charge in [-0.15, -0.1) is 0 Å². The van der Waals surface area contributed by atoms with Gasteiger partial charge in [-0.25, -0.2) is 9.97 Å². The van der Waals surface area contributed by atoms with Crippen LogP contribution in [0, 0.1) is 22.7 Å². The lowest BCUT2D eigenvalue weighted by Gasteiger charge is -2.40. The summed E-state index contributed by atoms with van der Waals surface area (Å²) in [6, 6.07) is 48.2. The van der Waals surface area contributed by atoms with Gasteiger partial charge in [0, 0.05) is 121 Å². The molecule has 2 fully saturated rings. The summed E-state index contributed by atoms with van der Waals surface area (Å²) < 4.78 is 4.12. The van der Waals surface area contributed by atoms with E-state index in [1.54, 1.807) is 41.8 Å². The maximum atomic E-state index is 13.5. The first-order chi connectivity index (χ1) is 35.3. The fourth-order valence-corrected chi connectivity index (χ4v) is 9.04. The molecular formula is C57H60N12O3. The van der Waals surface area contributed by atoms with E-state index in [9.17, 15) is 14.4 Å². The van der Waals surface area contributed by atoms with E-state index in [1.165, 1.54) is 11.1 Å².